The monoisotopic (exact) mass is 279 g/mol. The van der Waals surface area contributed by atoms with Crippen LogP contribution in [0.1, 0.15) is 16.1 Å². The highest BCUT2D eigenvalue weighted by atomic mass is 16.3. The third-order valence-electron chi connectivity index (χ3n) is 2.93. The number of nitrogens with zero attached hydrogens (tertiary/aromatic N) is 2. The van der Waals surface area contributed by atoms with Crippen molar-refractivity contribution < 1.29 is 9.21 Å². The van der Waals surface area contributed by atoms with Crippen LogP contribution in [0.3, 0.4) is 0 Å². The van der Waals surface area contributed by atoms with Crippen molar-refractivity contribution in [1.29, 1.82) is 0 Å². The summed E-state index contributed by atoms with van der Waals surface area (Å²) in [5.41, 5.74) is 4.00. The van der Waals surface area contributed by atoms with E-state index in [0.717, 1.165) is 5.69 Å². The molecule has 0 atom stereocenters. The molecule has 0 saturated carbocycles. The molecule has 1 aromatic carbocycles. The SMILES string of the molecule is O=C(N/N=C/c1ccco1)c1ccc(-n2cccc2)cc1. The molecular weight excluding hydrogens is 266 g/mol. The Morgan fingerprint density at radius 1 is 1.10 bits per heavy atom. The van der Waals surface area contributed by atoms with E-state index in [9.17, 15) is 4.79 Å². The van der Waals surface area contributed by atoms with Crippen LogP contribution >= 0.6 is 0 Å². The molecule has 0 bridgehead atoms. The molecule has 0 aliphatic heterocycles. The van der Waals surface area contributed by atoms with Gasteiger partial charge in [-0.05, 0) is 48.5 Å². The predicted octanol–water partition coefficient (Wildman–Crippen LogP) is 2.83. The van der Waals surface area contributed by atoms with Crippen molar-refractivity contribution in [2.45, 2.75) is 0 Å². The lowest BCUT2D eigenvalue weighted by atomic mass is 10.2. The fraction of sp³-hybridized carbons (Fsp3) is 0. The molecule has 1 amide bonds. The highest BCUT2D eigenvalue weighted by molar-refractivity contribution is 5.94. The molecule has 2 aromatic heterocycles. The van der Waals surface area contributed by atoms with Crippen LogP contribution in [0.15, 0.2) is 76.7 Å². The summed E-state index contributed by atoms with van der Waals surface area (Å²) in [6.45, 7) is 0. The Kier molecular flexibility index (Phi) is 3.64. The Labute approximate surface area is 121 Å². The zero-order valence-electron chi connectivity index (χ0n) is 11.1. The maximum Gasteiger partial charge on any atom is 0.271 e. The molecule has 0 spiro atoms. The first-order valence-electron chi connectivity index (χ1n) is 6.43. The second kappa shape index (κ2) is 5.92. The van der Waals surface area contributed by atoms with Crippen LogP contribution in [-0.2, 0) is 0 Å². The molecule has 0 unspecified atom stereocenters. The van der Waals surface area contributed by atoms with Gasteiger partial charge in [0.15, 0.2) is 0 Å². The Balaban J connectivity index is 1.65. The molecular formula is C16H13N3O2. The fourth-order valence-electron chi connectivity index (χ4n) is 1.88. The van der Waals surface area contributed by atoms with Gasteiger partial charge in [-0.2, -0.15) is 5.10 Å². The maximum absolute atomic E-state index is 11.9. The highest BCUT2D eigenvalue weighted by Gasteiger charge is 2.04. The van der Waals surface area contributed by atoms with Gasteiger partial charge < -0.3 is 8.98 Å². The number of hydrogen-bond donors (Lipinski definition) is 1. The molecule has 5 heteroatoms. The minimum Gasteiger partial charge on any atom is -0.463 e. The number of hydrogen-bond acceptors (Lipinski definition) is 3. The van der Waals surface area contributed by atoms with Crippen molar-refractivity contribution in [3.05, 3.63) is 78.5 Å². The van der Waals surface area contributed by atoms with Crippen molar-refractivity contribution >= 4 is 12.1 Å². The standard InChI is InChI=1S/C16H13N3O2/c20-16(18-17-12-15-4-3-11-21-15)13-5-7-14(8-6-13)19-9-1-2-10-19/h1-12H,(H,18,20)/b17-12+. The Bertz CT molecular complexity index is 726. The minimum absolute atomic E-state index is 0.267. The van der Waals surface area contributed by atoms with Gasteiger partial charge in [-0.25, -0.2) is 5.43 Å². The number of carbonyl (C=O) groups excluding carboxylic acids is 1. The number of hydrazone groups is 1. The molecule has 2 heterocycles. The maximum atomic E-state index is 11.9. The van der Waals surface area contributed by atoms with Crippen molar-refractivity contribution in [3.63, 3.8) is 0 Å². The van der Waals surface area contributed by atoms with Crippen LogP contribution in [-0.4, -0.2) is 16.7 Å². The van der Waals surface area contributed by atoms with Crippen molar-refractivity contribution in [1.82, 2.24) is 9.99 Å². The van der Waals surface area contributed by atoms with E-state index in [1.165, 1.54) is 6.21 Å². The number of amides is 1. The second-order valence-electron chi connectivity index (χ2n) is 4.35. The lowest BCUT2D eigenvalue weighted by Gasteiger charge is -2.04. The summed E-state index contributed by atoms with van der Waals surface area (Å²) in [4.78, 5) is 11.9. The van der Waals surface area contributed by atoms with E-state index in [1.807, 2.05) is 41.2 Å². The molecule has 0 fully saturated rings. The topological polar surface area (TPSA) is 59.5 Å². The van der Waals surface area contributed by atoms with Gasteiger partial charge in [-0.15, -0.1) is 0 Å². The van der Waals surface area contributed by atoms with E-state index >= 15 is 0 Å². The summed E-state index contributed by atoms with van der Waals surface area (Å²) in [6, 6.07) is 14.7. The number of nitrogens with one attached hydrogen (secondary N) is 1. The van der Waals surface area contributed by atoms with Crippen LogP contribution in [0, 0.1) is 0 Å². The predicted molar refractivity (Wildman–Crippen MR) is 79.5 cm³/mol. The zero-order valence-corrected chi connectivity index (χ0v) is 11.1. The summed E-state index contributed by atoms with van der Waals surface area (Å²) in [6.07, 6.45) is 6.89. The van der Waals surface area contributed by atoms with E-state index < -0.39 is 0 Å². The molecule has 0 aliphatic carbocycles. The van der Waals surface area contributed by atoms with Gasteiger partial charge in [0.1, 0.15) is 5.76 Å². The van der Waals surface area contributed by atoms with Crippen molar-refractivity contribution in [2.24, 2.45) is 5.10 Å². The van der Waals surface area contributed by atoms with Gasteiger partial charge in [0, 0.05) is 23.6 Å². The molecule has 0 radical (unpaired) electrons. The minimum atomic E-state index is -0.267. The molecule has 3 aromatic rings. The molecule has 0 aliphatic rings. The number of furan rings is 1. The van der Waals surface area contributed by atoms with Crippen LogP contribution in [0.2, 0.25) is 0 Å². The molecule has 104 valence electrons. The van der Waals surface area contributed by atoms with Gasteiger partial charge in [0.05, 0.1) is 12.5 Å². The summed E-state index contributed by atoms with van der Waals surface area (Å²) >= 11 is 0. The molecule has 21 heavy (non-hydrogen) atoms. The van der Waals surface area contributed by atoms with Crippen LogP contribution in [0.4, 0.5) is 0 Å². The molecule has 5 nitrogen and oxygen atoms in total. The molecule has 0 saturated heterocycles. The second-order valence-corrected chi connectivity index (χ2v) is 4.35. The molecule has 3 rings (SSSR count). The average molecular weight is 279 g/mol. The lowest BCUT2D eigenvalue weighted by Crippen LogP contribution is -2.17. The van der Waals surface area contributed by atoms with Gasteiger partial charge in [-0.3, -0.25) is 4.79 Å². The fourth-order valence-corrected chi connectivity index (χ4v) is 1.88. The first-order valence-corrected chi connectivity index (χ1v) is 6.43. The number of benzene rings is 1. The van der Waals surface area contributed by atoms with Crippen molar-refractivity contribution in [2.75, 3.05) is 0 Å². The third kappa shape index (κ3) is 3.09. The van der Waals surface area contributed by atoms with E-state index in [4.69, 9.17) is 4.42 Å². The normalized spacial score (nSPS) is 10.9. The Hall–Kier alpha value is -3.08. The summed E-state index contributed by atoms with van der Waals surface area (Å²) in [7, 11) is 0. The summed E-state index contributed by atoms with van der Waals surface area (Å²) in [5.74, 6) is 0.315. The van der Waals surface area contributed by atoms with Crippen LogP contribution in [0.25, 0.3) is 5.69 Å². The van der Waals surface area contributed by atoms with E-state index in [2.05, 4.69) is 10.5 Å². The van der Waals surface area contributed by atoms with Gasteiger partial charge >= 0.3 is 0 Å². The zero-order chi connectivity index (χ0) is 14.5. The smallest absolute Gasteiger partial charge is 0.271 e. The van der Waals surface area contributed by atoms with E-state index in [-0.39, 0.29) is 5.91 Å². The third-order valence-corrected chi connectivity index (χ3v) is 2.93. The Morgan fingerprint density at radius 2 is 1.86 bits per heavy atom. The first-order chi connectivity index (χ1) is 10.3. The van der Waals surface area contributed by atoms with E-state index in [0.29, 0.717) is 11.3 Å². The summed E-state index contributed by atoms with van der Waals surface area (Å²) in [5, 5.41) is 3.84. The largest absolute Gasteiger partial charge is 0.463 e. The average Bonchev–Trinajstić information content (AvgIpc) is 3.21. The number of carbonyl (C=O) groups is 1. The van der Waals surface area contributed by atoms with Crippen LogP contribution < -0.4 is 5.43 Å². The van der Waals surface area contributed by atoms with Crippen molar-refractivity contribution in [3.8, 4) is 5.69 Å². The van der Waals surface area contributed by atoms with Gasteiger partial charge in [-0.1, -0.05) is 0 Å². The number of aromatic nitrogens is 1. The Morgan fingerprint density at radius 3 is 2.52 bits per heavy atom. The summed E-state index contributed by atoms with van der Waals surface area (Å²) < 4.78 is 7.04. The first kappa shape index (κ1) is 12.9. The quantitative estimate of drug-likeness (QED) is 0.589. The lowest BCUT2D eigenvalue weighted by molar-refractivity contribution is 0.0955. The number of rotatable bonds is 4. The highest BCUT2D eigenvalue weighted by Crippen LogP contribution is 2.10. The van der Waals surface area contributed by atoms with E-state index in [1.54, 1.807) is 30.5 Å². The van der Waals surface area contributed by atoms with Crippen LogP contribution in [0.5, 0.6) is 0 Å². The molecule has 1 N–H and O–H groups in total. The van der Waals surface area contributed by atoms with Gasteiger partial charge in [0.25, 0.3) is 5.91 Å². The van der Waals surface area contributed by atoms with Gasteiger partial charge in [0.2, 0.25) is 0 Å².